The van der Waals surface area contributed by atoms with Crippen LogP contribution in [0.15, 0.2) is 42.5 Å². The van der Waals surface area contributed by atoms with Gasteiger partial charge in [0, 0.05) is 12.1 Å². The predicted octanol–water partition coefficient (Wildman–Crippen LogP) is 2.59. The van der Waals surface area contributed by atoms with Crippen LogP contribution in [0.4, 0.5) is 0 Å². The summed E-state index contributed by atoms with van der Waals surface area (Å²) in [5.74, 6) is -0.0407. The lowest BCUT2D eigenvalue weighted by Gasteiger charge is -2.20. The number of thiocarbonyl (C=S) groups is 1. The third-order valence-electron chi connectivity index (χ3n) is 3.01. The minimum absolute atomic E-state index is 0.0407. The van der Waals surface area contributed by atoms with Crippen molar-refractivity contribution < 1.29 is 4.79 Å². The van der Waals surface area contributed by atoms with E-state index >= 15 is 0 Å². The lowest BCUT2D eigenvalue weighted by Crippen LogP contribution is -2.37. The molecule has 0 aliphatic carbocycles. The molecule has 2 aromatic rings. The first kappa shape index (κ1) is 13.5. The molecule has 2 aromatic carbocycles. The average molecular weight is 272 g/mol. The van der Waals surface area contributed by atoms with Crippen molar-refractivity contribution in [3.63, 3.8) is 0 Å². The largest absolute Gasteiger partial charge is 0.392 e. The Labute approximate surface area is 118 Å². The number of carbonyl (C=O) groups excluding carboxylic acids is 1. The Morgan fingerprint density at radius 1 is 1.21 bits per heavy atom. The third-order valence-corrected chi connectivity index (χ3v) is 3.14. The molecule has 0 aromatic heterocycles. The molecule has 98 valence electrons. The van der Waals surface area contributed by atoms with Crippen molar-refractivity contribution in [3.8, 4) is 0 Å². The standard InChI is InChI=1S/C15H16N2OS/c1-2-17(10-14(16)19)15(18)13-8-7-11-5-3-4-6-12(11)9-13/h3-9H,2,10H2,1H3,(H2,16,19). The Morgan fingerprint density at radius 2 is 1.89 bits per heavy atom. The fraction of sp³-hybridized carbons (Fsp3) is 0.200. The predicted molar refractivity (Wildman–Crippen MR) is 82.3 cm³/mol. The van der Waals surface area contributed by atoms with Gasteiger partial charge in [0.05, 0.1) is 11.5 Å². The fourth-order valence-electron chi connectivity index (χ4n) is 2.02. The van der Waals surface area contributed by atoms with Crippen molar-refractivity contribution in [2.24, 2.45) is 5.73 Å². The first-order valence-electron chi connectivity index (χ1n) is 6.18. The first-order chi connectivity index (χ1) is 9.11. The molecule has 1 amide bonds. The molecule has 0 radical (unpaired) electrons. The van der Waals surface area contributed by atoms with Gasteiger partial charge in [0.25, 0.3) is 5.91 Å². The molecular weight excluding hydrogens is 256 g/mol. The van der Waals surface area contributed by atoms with E-state index in [4.69, 9.17) is 18.0 Å². The molecule has 2 N–H and O–H groups in total. The van der Waals surface area contributed by atoms with E-state index in [1.165, 1.54) is 0 Å². The van der Waals surface area contributed by atoms with Gasteiger partial charge in [0.15, 0.2) is 0 Å². The van der Waals surface area contributed by atoms with Gasteiger partial charge < -0.3 is 10.6 Å². The molecule has 0 atom stereocenters. The van der Waals surface area contributed by atoms with E-state index in [1.807, 2.05) is 49.4 Å². The van der Waals surface area contributed by atoms with Gasteiger partial charge in [0.1, 0.15) is 0 Å². The van der Waals surface area contributed by atoms with E-state index in [0.29, 0.717) is 23.6 Å². The number of carbonyl (C=O) groups is 1. The summed E-state index contributed by atoms with van der Waals surface area (Å²) in [4.78, 5) is 14.3. The van der Waals surface area contributed by atoms with Gasteiger partial charge in [-0.2, -0.15) is 0 Å². The van der Waals surface area contributed by atoms with Crippen LogP contribution >= 0.6 is 12.2 Å². The highest BCUT2D eigenvalue weighted by molar-refractivity contribution is 7.80. The number of benzene rings is 2. The lowest BCUT2D eigenvalue weighted by atomic mass is 10.1. The molecule has 3 nitrogen and oxygen atoms in total. The molecule has 19 heavy (non-hydrogen) atoms. The molecule has 0 spiro atoms. The molecule has 4 heteroatoms. The van der Waals surface area contributed by atoms with Gasteiger partial charge in [-0.05, 0) is 29.8 Å². The second kappa shape index (κ2) is 5.80. The molecule has 0 aliphatic heterocycles. The van der Waals surface area contributed by atoms with E-state index in [1.54, 1.807) is 4.90 Å². The van der Waals surface area contributed by atoms with Crippen LogP contribution in [-0.4, -0.2) is 28.9 Å². The summed E-state index contributed by atoms with van der Waals surface area (Å²) in [7, 11) is 0. The molecular formula is C15H16N2OS. The van der Waals surface area contributed by atoms with Gasteiger partial charge in [-0.25, -0.2) is 0 Å². The highest BCUT2D eigenvalue weighted by Crippen LogP contribution is 2.16. The summed E-state index contributed by atoms with van der Waals surface area (Å²) in [5.41, 5.74) is 6.18. The third kappa shape index (κ3) is 3.09. The Hall–Kier alpha value is -1.94. The van der Waals surface area contributed by atoms with Crippen molar-refractivity contribution in [3.05, 3.63) is 48.0 Å². The molecule has 2 rings (SSSR count). The summed E-state index contributed by atoms with van der Waals surface area (Å²) >= 11 is 4.87. The van der Waals surface area contributed by atoms with Crippen molar-refractivity contribution in [1.29, 1.82) is 0 Å². The smallest absolute Gasteiger partial charge is 0.254 e. The normalized spacial score (nSPS) is 10.4. The highest BCUT2D eigenvalue weighted by atomic mass is 32.1. The van der Waals surface area contributed by atoms with Gasteiger partial charge in [-0.15, -0.1) is 0 Å². The van der Waals surface area contributed by atoms with Crippen LogP contribution in [0.3, 0.4) is 0 Å². The molecule has 0 saturated carbocycles. The Bertz CT molecular complexity index is 624. The number of nitrogens with two attached hydrogens (primary N) is 1. The minimum Gasteiger partial charge on any atom is -0.392 e. The van der Waals surface area contributed by atoms with Crippen LogP contribution in [0.5, 0.6) is 0 Å². The van der Waals surface area contributed by atoms with Crippen molar-refractivity contribution in [1.82, 2.24) is 4.90 Å². The molecule has 0 heterocycles. The molecule has 0 aliphatic rings. The van der Waals surface area contributed by atoms with Crippen LogP contribution in [0.1, 0.15) is 17.3 Å². The van der Waals surface area contributed by atoms with Crippen LogP contribution in [0.25, 0.3) is 10.8 Å². The monoisotopic (exact) mass is 272 g/mol. The fourth-order valence-corrected chi connectivity index (χ4v) is 2.18. The number of hydrogen-bond acceptors (Lipinski definition) is 2. The van der Waals surface area contributed by atoms with Crippen LogP contribution in [0, 0.1) is 0 Å². The second-order valence-corrected chi connectivity index (χ2v) is 4.87. The summed E-state index contributed by atoms with van der Waals surface area (Å²) < 4.78 is 0. The van der Waals surface area contributed by atoms with Crippen molar-refractivity contribution in [2.45, 2.75) is 6.92 Å². The number of nitrogens with zero attached hydrogens (tertiary/aromatic N) is 1. The van der Waals surface area contributed by atoms with Crippen molar-refractivity contribution >= 4 is 33.9 Å². The van der Waals surface area contributed by atoms with E-state index in [-0.39, 0.29) is 5.91 Å². The summed E-state index contributed by atoms with van der Waals surface area (Å²) in [6, 6.07) is 13.7. The van der Waals surface area contributed by atoms with Crippen LogP contribution in [-0.2, 0) is 0 Å². The number of likely N-dealkylation sites (N-methyl/N-ethyl adjacent to an activating group) is 1. The SMILES string of the molecule is CCN(CC(N)=S)C(=O)c1ccc2ccccc2c1. The quantitative estimate of drug-likeness (QED) is 0.870. The summed E-state index contributed by atoms with van der Waals surface area (Å²) in [6.45, 7) is 2.82. The maximum Gasteiger partial charge on any atom is 0.254 e. The average Bonchev–Trinajstić information content (AvgIpc) is 2.43. The highest BCUT2D eigenvalue weighted by Gasteiger charge is 2.14. The first-order valence-corrected chi connectivity index (χ1v) is 6.59. The maximum absolute atomic E-state index is 12.4. The topological polar surface area (TPSA) is 46.3 Å². The van der Waals surface area contributed by atoms with Gasteiger partial charge >= 0.3 is 0 Å². The van der Waals surface area contributed by atoms with Gasteiger partial charge in [0.2, 0.25) is 0 Å². The molecule has 0 unspecified atom stereocenters. The van der Waals surface area contributed by atoms with Crippen LogP contribution in [0.2, 0.25) is 0 Å². The Kier molecular flexibility index (Phi) is 4.12. The summed E-state index contributed by atoms with van der Waals surface area (Å²) in [5, 5.41) is 2.18. The number of hydrogen-bond donors (Lipinski definition) is 1. The van der Waals surface area contributed by atoms with E-state index in [9.17, 15) is 4.79 Å². The number of rotatable bonds is 4. The zero-order chi connectivity index (χ0) is 13.8. The van der Waals surface area contributed by atoms with Crippen LogP contribution < -0.4 is 5.73 Å². The van der Waals surface area contributed by atoms with Gasteiger partial charge in [-0.1, -0.05) is 42.5 Å². The van der Waals surface area contributed by atoms with Gasteiger partial charge in [-0.3, -0.25) is 4.79 Å². The maximum atomic E-state index is 12.4. The molecule has 0 saturated heterocycles. The summed E-state index contributed by atoms with van der Waals surface area (Å²) in [6.07, 6.45) is 0. The lowest BCUT2D eigenvalue weighted by molar-refractivity contribution is 0.0788. The minimum atomic E-state index is -0.0407. The molecule has 0 fully saturated rings. The van der Waals surface area contributed by atoms with E-state index in [0.717, 1.165) is 10.8 Å². The van der Waals surface area contributed by atoms with Crippen molar-refractivity contribution in [2.75, 3.05) is 13.1 Å². The Balaban J connectivity index is 2.32. The number of amides is 1. The van der Waals surface area contributed by atoms with E-state index in [2.05, 4.69) is 0 Å². The zero-order valence-corrected chi connectivity index (χ0v) is 11.6. The zero-order valence-electron chi connectivity index (χ0n) is 10.8. The molecule has 0 bridgehead atoms. The number of fused-ring (bicyclic) bond motifs is 1. The second-order valence-electron chi connectivity index (χ2n) is 4.35. The Morgan fingerprint density at radius 3 is 2.53 bits per heavy atom. The van der Waals surface area contributed by atoms with E-state index < -0.39 is 0 Å².